The summed E-state index contributed by atoms with van der Waals surface area (Å²) in [7, 11) is 0. The Labute approximate surface area is 216 Å². The van der Waals surface area contributed by atoms with Crippen LogP contribution in [-0.2, 0) is 16.8 Å². The minimum absolute atomic E-state index is 0.00363. The molecule has 0 bridgehead atoms. The fourth-order valence-electron chi connectivity index (χ4n) is 3.93. The summed E-state index contributed by atoms with van der Waals surface area (Å²) in [5, 5.41) is 29.7. The molecule has 36 heavy (non-hydrogen) atoms. The second kappa shape index (κ2) is 12.2. The molecular formula is C27H34FN5O2S. The van der Waals surface area contributed by atoms with Crippen molar-refractivity contribution in [2.75, 3.05) is 0 Å². The van der Waals surface area contributed by atoms with E-state index in [-0.39, 0.29) is 23.8 Å². The van der Waals surface area contributed by atoms with Crippen molar-refractivity contribution in [1.29, 1.82) is 5.26 Å². The van der Waals surface area contributed by atoms with Gasteiger partial charge in [0.2, 0.25) is 5.91 Å². The maximum absolute atomic E-state index is 14.3. The highest BCUT2D eigenvalue weighted by Crippen LogP contribution is 2.32. The van der Waals surface area contributed by atoms with Crippen molar-refractivity contribution in [3.8, 4) is 11.8 Å². The molecule has 0 fully saturated rings. The summed E-state index contributed by atoms with van der Waals surface area (Å²) >= 11 is 1.07. The third kappa shape index (κ3) is 6.94. The van der Waals surface area contributed by atoms with Crippen molar-refractivity contribution in [2.45, 2.75) is 70.4 Å². The van der Waals surface area contributed by atoms with E-state index in [0.717, 1.165) is 28.9 Å². The number of nitriles is 1. The number of amides is 1. The van der Waals surface area contributed by atoms with E-state index in [0.29, 0.717) is 16.2 Å². The van der Waals surface area contributed by atoms with E-state index in [1.54, 1.807) is 24.6 Å². The fourth-order valence-corrected chi connectivity index (χ4v) is 4.24. The van der Waals surface area contributed by atoms with Crippen LogP contribution in [0.2, 0.25) is 0 Å². The Morgan fingerprint density at radius 1 is 1.19 bits per heavy atom. The standard InChI is InChI=1S/C15H19FN2O.C12H15N3OS/c1-8(2)11-5-10(7-17)15(16)14(9(3)4)12(11)6-13(18)19;1-12(2,16)10-8-11(17-13)14-15(10)9-6-4-3-5-7-9/h5,8-9H,6H2,1-4H3,(H2,18,19);3-8,16H,13H2,1-2H3. The predicted octanol–water partition coefficient (Wildman–Crippen LogP) is 5.04. The Bertz CT molecular complexity index is 1240. The number of hydrogen-bond acceptors (Lipinski definition) is 6. The lowest BCUT2D eigenvalue weighted by Gasteiger charge is -2.20. The van der Waals surface area contributed by atoms with Gasteiger partial charge in [-0.2, -0.15) is 10.4 Å². The van der Waals surface area contributed by atoms with Crippen molar-refractivity contribution in [3.05, 3.63) is 76.2 Å². The highest BCUT2D eigenvalue weighted by atomic mass is 32.2. The van der Waals surface area contributed by atoms with Crippen LogP contribution in [0.15, 0.2) is 47.5 Å². The monoisotopic (exact) mass is 511 g/mol. The first kappa shape index (κ1) is 29.0. The number of para-hydroxylation sites is 1. The molecule has 1 heterocycles. The lowest BCUT2D eigenvalue weighted by Crippen LogP contribution is -2.20. The molecule has 0 aliphatic heterocycles. The summed E-state index contributed by atoms with van der Waals surface area (Å²) < 4.78 is 16.0. The average molecular weight is 512 g/mol. The molecule has 2 aromatic carbocycles. The van der Waals surface area contributed by atoms with E-state index in [2.05, 4.69) is 5.10 Å². The van der Waals surface area contributed by atoms with Gasteiger partial charge in [-0.05, 0) is 78.6 Å². The number of rotatable bonds is 7. The maximum atomic E-state index is 14.3. The molecule has 5 N–H and O–H groups in total. The largest absolute Gasteiger partial charge is 0.384 e. The van der Waals surface area contributed by atoms with Crippen LogP contribution >= 0.6 is 11.9 Å². The molecule has 3 aromatic rings. The molecule has 0 radical (unpaired) electrons. The number of hydrogen-bond donors (Lipinski definition) is 3. The first-order valence-electron chi connectivity index (χ1n) is 11.6. The number of aromatic nitrogens is 2. The van der Waals surface area contributed by atoms with Crippen LogP contribution in [0.25, 0.3) is 5.69 Å². The first-order valence-corrected chi connectivity index (χ1v) is 12.5. The number of primary amides is 1. The first-order chi connectivity index (χ1) is 16.8. The third-order valence-electron chi connectivity index (χ3n) is 5.55. The van der Waals surface area contributed by atoms with E-state index < -0.39 is 17.3 Å². The molecule has 9 heteroatoms. The molecule has 192 valence electrons. The average Bonchev–Trinajstić information content (AvgIpc) is 3.25. The molecule has 7 nitrogen and oxygen atoms in total. The molecule has 0 saturated heterocycles. The van der Waals surface area contributed by atoms with Gasteiger partial charge in [-0.1, -0.05) is 45.9 Å². The Hall–Kier alpha value is -3.19. The smallest absolute Gasteiger partial charge is 0.221 e. The van der Waals surface area contributed by atoms with Gasteiger partial charge in [-0.25, -0.2) is 9.07 Å². The molecule has 0 saturated carbocycles. The molecule has 1 amide bonds. The van der Waals surface area contributed by atoms with Gasteiger partial charge in [-0.3, -0.25) is 9.93 Å². The number of carbonyl (C=O) groups is 1. The maximum Gasteiger partial charge on any atom is 0.221 e. The van der Waals surface area contributed by atoms with Crippen LogP contribution in [0.5, 0.6) is 0 Å². The number of aliphatic hydroxyl groups is 1. The summed E-state index contributed by atoms with van der Waals surface area (Å²) in [4.78, 5) is 11.2. The molecule has 0 atom stereocenters. The zero-order valence-corrected chi connectivity index (χ0v) is 22.4. The molecule has 0 aliphatic carbocycles. The van der Waals surface area contributed by atoms with Crippen LogP contribution in [-0.4, -0.2) is 20.8 Å². The molecule has 0 spiro atoms. The lowest BCUT2D eigenvalue weighted by atomic mass is 9.85. The van der Waals surface area contributed by atoms with Gasteiger partial charge in [0, 0.05) is 0 Å². The lowest BCUT2D eigenvalue weighted by molar-refractivity contribution is -0.117. The predicted molar refractivity (Wildman–Crippen MR) is 141 cm³/mol. The van der Waals surface area contributed by atoms with Crippen LogP contribution in [0.3, 0.4) is 0 Å². The minimum atomic E-state index is -0.961. The zero-order chi connectivity index (χ0) is 27.2. The van der Waals surface area contributed by atoms with Gasteiger partial charge < -0.3 is 10.8 Å². The van der Waals surface area contributed by atoms with E-state index in [1.165, 1.54) is 6.07 Å². The summed E-state index contributed by atoms with van der Waals surface area (Å²) in [5.41, 5.74) is 7.84. The van der Waals surface area contributed by atoms with Crippen LogP contribution in [0, 0.1) is 17.1 Å². The SMILES string of the molecule is CC(C)(O)c1cc(SN)nn1-c1ccccc1.CC(C)c1cc(C#N)c(F)c(C(C)C)c1CC(N)=O. The topological polar surface area (TPSA) is 131 Å². The Kier molecular flexibility index (Phi) is 9.82. The van der Waals surface area contributed by atoms with Crippen molar-refractivity contribution in [2.24, 2.45) is 10.9 Å². The number of halogens is 1. The van der Waals surface area contributed by atoms with Crippen molar-refractivity contribution < 1.29 is 14.3 Å². The number of carbonyl (C=O) groups excluding carboxylic acids is 1. The summed E-state index contributed by atoms with van der Waals surface area (Å²) in [6.07, 6.45) is 0.00363. The number of benzene rings is 2. The summed E-state index contributed by atoms with van der Waals surface area (Å²) in [6.45, 7) is 11.0. The molecule has 3 rings (SSSR count). The van der Waals surface area contributed by atoms with Gasteiger partial charge in [-0.15, -0.1) is 0 Å². The number of nitrogens with zero attached hydrogens (tertiary/aromatic N) is 3. The minimum Gasteiger partial charge on any atom is -0.384 e. The Morgan fingerprint density at radius 2 is 1.81 bits per heavy atom. The van der Waals surface area contributed by atoms with E-state index in [4.69, 9.17) is 16.1 Å². The van der Waals surface area contributed by atoms with Crippen LogP contribution in [0.4, 0.5) is 4.39 Å². The summed E-state index contributed by atoms with van der Waals surface area (Å²) in [6, 6.07) is 14.9. The van der Waals surface area contributed by atoms with Gasteiger partial charge in [0.25, 0.3) is 0 Å². The Morgan fingerprint density at radius 3 is 2.25 bits per heavy atom. The van der Waals surface area contributed by atoms with Gasteiger partial charge in [0.1, 0.15) is 22.5 Å². The highest BCUT2D eigenvalue weighted by Gasteiger charge is 2.24. The third-order valence-corrected chi connectivity index (χ3v) is 5.99. The molecule has 0 unspecified atom stereocenters. The van der Waals surface area contributed by atoms with Gasteiger partial charge in [0.05, 0.1) is 23.4 Å². The van der Waals surface area contributed by atoms with Crippen molar-refractivity contribution in [1.82, 2.24) is 9.78 Å². The van der Waals surface area contributed by atoms with Gasteiger partial charge in [0.15, 0.2) is 0 Å². The molecular weight excluding hydrogens is 477 g/mol. The summed E-state index contributed by atoms with van der Waals surface area (Å²) in [5.74, 6) is -1.04. The second-order valence-corrected chi connectivity index (χ2v) is 10.2. The number of nitrogens with two attached hydrogens (primary N) is 2. The zero-order valence-electron chi connectivity index (χ0n) is 21.5. The second-order valence-electron chi connectivity index (χ2n) is 9.58. The molecule has 1 aromatic heterocycles. The normalized spacial score (nSPS) is 11.3. The highest BCUT2D eigenvalue weighted by molar-refractivity contribution is 7.97. The molecule has 0 aliphatic rings. The van der Waals surface area contributed by atoms with Crippen LogP contribution in [0.1, 0.15) is 81.3 Å². The van der Waals surface area contributed by atoms with Gasteiger partial charge >= 0.3 is 0 Å². The van der Waals surface area contributed by atoms with E-state index in [9.17, 15) is 14.3 Å². The van der Waals surface area contributed by atoms with Crippen molar-refractivity contribution >= 4 is 17.9 Å². The van der Waals surface area contributed by atoms with Crippen molar-refractivity contribution in [3.63, 3.8) is 0 Å². The fraction of sp³-hybridized carbons (Fsp3) is 0.370. The van der Waals surface area contributed by atoms with E-state index >= 15 is 0 Å². The van der Waals surface area contributed by atoms with E-state index in [1.807, 2.05) is 64.1 Å². The van der Waals surface area contributed by atoms with Crippen LogP contribution < -0.4 is 10.9 Å². The Balaban J connectivity index is 0.000000255. The quantitative estimate of drug-likeness (QED) is 0.381.